The van der Waals surface area contributed by atoms with Gasteiger partial charge in [0.15, 0.2) is 0 Å². The fourth-order valence-electron chi connectivity index (χ4n) is 3.33. The van der Waals surface area contributed by atoms with Crippen LogP contribution in [0.2, 0.25) is 5.02 Å². The molecule has 1 aliphatic heterocycles. The molecule has 2 nitrogen and oxygen atoms in total. The molecule has 0 unspecified atom stereocenters. The van der Waals surface area contributed by atoms with Crippen LogP contribution in [-0.4, -0.2) is 17.4 Å². The molecule has 0 radical (unpaired) electrons. The molecule has 3 aromatic rings. The topological polar surface area (TPSA) is 20.3 Å². The number of thiophene rings is 1. The van der Waals surface area contributed by atoms with Crippen molar-refractivity contribution in [3.63, 3.8) is 0 Å². The maximum atomic E-state index is 13.4. The maximum absolute atomic E-state index is 13.4. The summed E-state index contributed by atoms with van der Waals surface area (Å²) in [4.78, 5) is 16.3. The zero-order valence-corrected chi connectivity index (χ0v) is 14.9. The maximum Gasteiger partial charge on any atom is 0.256 e. The van der Waals surface area contributed by atoms with Crippen molar-refractivity contribution in [2.24, 2.45) is 0 Å². The highest BCUT2D eigenvalue weighted by Gasteiger charge is 2.33. The van der Waals surface area contributed by atoms with Crippen molar-refractivity contribution >= 4 is 28.8 Å². The van der Waals surface area contributed by atoms with E-state index in [1.807, 2.05) is 22.4 Å². The van der Waals surface area contributed by atoms with Gasteiger partial charge in [-0.3, -0.25) is 4.79 Å². The van der Waals surface area contributed by atoms with Crippen LogP contribution in [0.1, 0.15) is 32.4 Å². The lowest BCUT2D eigenvalue weighted by Gasteiger charge is -2.36. The number of amides is 1. The molecule has 0 bridgehead atoms. The second kappa shape index (κ2) is 6.62. The molecule has 0 fully saturated rings. The summed E-state index contributed by atoms with van der Waals surface area (Å²) in [6, 6.07) is 15.3. The summed E-state index contributed by atoms with van der Waals surface area (Å²) in [6.45, 7) is 0.611. The van der Waals surface area contributed by atoms with E-state index in [0.717, 1.165) is 17.5 Å². The zero-order chi connectivity index (χ0) is 17.4. The third-order valence-electron chi connectivity index (χ3n) is 4.52. The number of halogens is 2. The Balaban J connectivity index is 1.79. The van der Waals surface area contributed by atoms with Crippen LogP contribution in [0.5, 0.6) is 0 Å². The molecular formula is C20H15ClFNOS. The SMILES string of the molecule is O=C(c1ccccc1Cl)N1CCc2sccc2[C@@H]1c1ccc(F)cc1. The van der Waals surface area contributed by atoms with Crippen LogP contribution in [0.3, 0.4) is 0 Å². The van der Waals surface area contributed by atoms with Crippen LogP contribution >= 0.6 is 22.9 Å². The van der Waals surface area contributed by atoms with Gasteiger partial charge in [-0.15, -0.1) is 11.3 Å². The lowest BCUT2D eigenvalue weighted by Crippen LogP contribution is -2.40. The molecule has 126 valence electrons. The molecule has 4 rings (SSSR count). The predicted octanol–water partition coefficient (Wildman–Crippen LogP) is 5.33. The largest absolute Gasteiger partial charge is 0.327 e. The number of carbonyl (C=O) groups excluding carboxylic acids is 1. The van der Waals surface area contributed by atoms with Crippen LogP contribution in [0, 0.1) is 5.82 Å². The fourth-order valence-corrected chi connectivity index (χ4v) is 4.45. The lowest BCUT2D eigenvalue weighted by molar-refractivity contribution is 0.0696. The van der Waals surface area contributed by atoms with Gasteiger partial charge in [0, 0.05) is 11.4 Å². The molecule has 0 saturated carbocycles. The normalized spacial score (nSPS) is 16.6. The molecule has 5 heteroatoms. The van der Waals surface area contributed by atoms with Crippen LogP contribution in [0.15, 0.2) is 60.0 Å². The Morgan fingerprint density at radius 2 is 1.88 bits per heavy atom. The molecule has 1 atom stereocenters. The minimum Gasteiger partial charge on any atom is -0.327 e. The van der Waals surface area contributed by atoms with Crippen LogP contribution in [-0.2, 0) is 6.42 Å². The second-order valence-electron chi connectivity index (χ2n) is 5.98. The van der Waals surface area contributed by atoms with E-state index in [9.17, 15) is 9.18 Å². The average Bonchev–Trinajstić information content (AvgIpc) is 3.10. The van der Waals surface area contributed by atoms with Crippen molar-refractivity contribution in [1.82, 2.24) is 4.90 Å². The Kier molecular flexibility index (Phi) is 4.32. The number of benzene rings is 2. The third kappa shape index (κ3) is 2.96. The number of fused-ring (bicyclic) bond motifs is 1. The molecule has 0 spiro atoms. The highest BCUT2D eigenvalue weighted by molar-refractivity contribution is 7.10. The molecule has 1 amide bonds. The van der Waals surface area contributed by atoms with E-state index >= 15 is 0 Å². The van der Waals surface area contributed by atoms with E-state index in [1.54, 1.807) is 35.6 Å². The summed E-state index contributed by atoms with van der Waals surface area (Å²) in [6.07, 6.45) is 0.820. The Morgan fingerprint density at radius 3 is 2.64 bits per heavy atom. The number of nitrogens with zero attached hydrogens (tertiary/aromatic N) is 1. The molecule has 25 heavy (non-hydrogen) atoms. The van der Waals surface area contributed by atoms with Crippen molar-refractivity contribution in [2.75, 3.05) is 6.54 Å². The van der Waals surface area contributed by atoms with Gasteiger partial charge in [0.05, 0.1) is 16.6 Å². The van der Waals surface area contributed by atoms with Crippen molar-refractivity contribution in [2.45, 2.75) is 12.5 Å². The summed E-state index contributed by atoms with van der Waals surface area (Å²) in [5.41, 5.74) is 2.51. The van der Waals surface area contributed by atoms with Gasteiger partial charge < -0.3 is 4.90 Å². The molecule has 0 N–H and O–H groups in total. The van der Waals surface area contributed by atoms with E-state index in [1.165, 1.54) is 17.0 Å². The quantitative estimate of drug-likeness (QED) is 0.596. The molecule has 2 heterocycles. The second-order valence-corrected chi connectivity index (χ2v) is 7.39. The summed E-state index contributed by atoms with van der Waals surface area (Å²) in [5.74, 6) is -0.383. The van der Waals surface area contributed by atoms with Gasteiger partial charge in [-0.05, 0) is 53.3 Å². The van der Waals surface area contributed by atoms with Crippen molar-refractivity contribution < 1.29 is 9.18 Å². The fraction of sp³-hybridized carbons (Fsp3) is 0.150. The van der Waals surface area contributed by atoms with Gasteiger partial charge in [-0.25, -0.2) is 4.39 Å². The molecule has 0 saturated heterocycles. The minimum atomic E-state index is -0.283. The van der Waals surface area contributed by atoms with Gasteiger partial charge >= 0.3 is 0 Å². The van der Waals surface area contributed by atoms with Gasteiger partial charge in [-0.1, -0.05) is 35.9 Å². The number of rotatable bonds is 2. The smallest absolute Gasteiger partial charge is 0.256 e. The monoisotopic (exact) mass is 371 g/mol. The predicted molar refractivity (Wildman–Crippen MR) is 98.8 cm³/mol. The first-order chi connectivity index (χ1) is 12.1. The van der Waals surface area contributed by atoms with Crippen molar-refractivity contribution in [3.05, 3.63) is 92.4 Å². The lowest BCUT2D eigenvalue weighted by atomic mass is 9.92. The summed E-state index contributed by atoms with van der Waals surface area (Å²) in [7, 11) is 0. The first-order valence-corrected chi connectivity index (χ1v) is 9.28. The van der Waals surface area contributed by atoms with Gasteiger partial charge in [-0.2, -0.15) is 0 Å². The number of carbonyl (C=O) groups is 1. The highest BCUT2D eigenvalue weighted by atomic mass is 35.5. The van der Waals surface area contributed by atoms with Crippen LogP contribution < -0.4 is 0 Å². The van der Waals surface area contributed by atoms with Gasteiger partial charge in [0.25, 0.3) is 5.91 Å². The minimum absolute atomic E-state index is 0.100. The van der Waals surface area contributed by atoms with E-state index in [0.29, 0.717) is 17.1 Å². The number of hydrogen-bond donors (Lipinski definition) is 0. The van der Waals surface area contributed by atoms with Crippen molar-refractivity contribution in [3.8, 4) is 0 Å². The standard InChI is InChI=1S/C20H15ClFNOS/c21-17-4-2-1-3-15(17)20(24)23-11-9-18-16(10-12-25-18)19(23)13-5-7-14(22)8-6-13/h1-8,10,12,19H,9,11H2/t19-/m0/s1. The van der Waals surface area contributed by atoms with E-state index in [2.05, 4.69) is 6.07 Å². The van der Waals surface area contributed by atoms with Crippen molar-refractivity contribution in [1.29, 1.82) is 0 Å². The average molecular weight is 372 g/mol. The molecule has 2 aromatic carbocycles. The Morgan fingerprint density at radius 1 is 1.12 bits per heavy atom. The molecular weight excluding hydrogens is 357 g/mol. The summed E-state index contributed by atoms with van der Waals surface area (Å²) < 4.78 is 13.4. The third-order valence-corrected chi connectivity index (χ3v) is 5.84. The first-order valence-electron chi connectivity index (χ1n) is 8.02. The molecule has 1 aliphatic rings. The van der Waals surface area contributed by atoms with Crippen LogP contribution in [0.25, 0.3) is 0 Å². The zero-order valence-electron chi connectivity index (χ0n) is 13.3. The van der Waals surface area contributed by atoms with Gasteiger partial charge in [0.2, 0.25) is 0 Å². The Labute approximate surface area is 154 Å². The first kappa shape index (κ1) is 16.3. The Bertz CT molecular complexity index is 921. The number of hydrogen-bond acceptors (Lipinski definition) is 2. The summed E-state index contributed by atoms with van der Waals surface area (Å²) in [5, 5.41) is 2.49. The van der Waals surface area contributed by atoms with Gasteiger partial charge in [0.1, 0.15) is 5.82 Å². The highest BCUT2D eigenvalue weighted by Crippen LogP contribution is 2.39. The Hall–Kier alpha value is -2.17. The molecule has 1 aromatic heterocycles. The van der Waals surface area contributed by atoms with E-state index in [-0.39, 0.29) is 17.8 Å². The van der Waals surface area contributed by atoms with E-state index in [4.69, 9.17) is 11.6 Å². The van der Waals surface area contributed by atoms with Crippen LogP contribution in [0.4, 0.5) is 4.39 Å². The van der Waals surface area contributed by atoms with E-state index < -0.39 is 0 Å². The summed E-state index contributed by atoms with van der Waals surface area (Å²) >= 11 is 7.94. The molecule has 0 aliphatic carbocycles.